The molecule has 0 amide bonds. The molecule has 0 aromatic rings. The zero-order valence-electron chi connectivity index (χ0n) is 12.6. The molecule has 0 radical (unpaired) electrons. The van der Waals surface area contributed by atoms with Gasteiger partial charge in [0.25, 0.3) is 0 Å². The molecule has 4 unspecified atom stereocenters. The fourth-order valence-electron chi connectivity index (χ4n) is 3.98. The summed E-state index contributed by atoms with van der Waals surface area (Å²) < 4.78 is 5.87. The van der Waals surface area contributed by atoms with Gasteiger partial charge in [-0.15, -0.1) is 0 Å². The van der Waals surface area contributed by atoms with Crippen molar-refractivity contribution in [2.24, 2.45) is 11.8 Å². The van der Waals surface area contributed by atoms with Crippen LogP contribution in [-0.2, 0) is 4.74 Å². The van der Waals surface area contributed by atoms with E-state index in [9.17, 15) is 0 Å². The highest BCUT2D eigenvalue weighted by atomic mass is 16.5. The molecule has 3 aliphatic rings. The lowest BCUT2D eigenvalue weighted by Crippen LogP contribution is -2.58. The summed E-state index contributed by atoms with van der Waals surface area (Å²) in [5.41, 5.74) is 0. The van der Waals surface area contributed by atoms with Gasteiger partial charge in [-0.3, -0.25) is 4.90 Å². The van der Waals surface area contributed by atoms with E-state index >= 15 is 0 Å². The lowest BCUT2D eigenvalue weighted by Gasteiger charge is -2.42. The van der Waals surface area contributed by atoms with E-state index in [1.165, 1.54) is 51.7 Å². The summed E-state index contributed by atoms with van der Waals surface area (Å²) in [7, 11) is 0. The summed E-state index contributed by atoms with van der Waals surface area (Å²) in [4.78, 5) is 2.78. The molecule has 1 aliphatic carbocycles. The Morgan fingerprint density at radius 3 is 2.68 bits per heavy atom. The largest absolute Gasteiger partial charge is 0.378 e. The zero-order valence-corrected chi connectivity index (χ0v) is 12.6. The summed E-state index contributed by atoms with van der Waals surface area (Å²) in [5, 5.41) is 3.79. The van der Waals surface area contributed by atoms with E-state index < -0.39 is 0 Å². The molecule has 4 atom stereocenters. The van der Waals surface area contributed by atoms with E-state index in [0.717, 1.165) is 30.5 Å². The minimum Gasteiger partial charge on any atom is -0.378 e. The number of rotatable bonds is 5. The van der Waals surface area contributed by atoms with Crippen molar-refractivity contribution in [1.29, 1.82) is 0 Å². The predicted octanol–water partition coefficient (Wildman–Crippen LogP) is 2.26. The maximum absolute atomic E-state index is 5.87. The van der Waals surface area contributed by atoms with E-state index in [2.05, 4.69) is 24.1 Å². The Morgan fingerprint density at radius 1 is 1.16 bits per heavy atom. The van der Waals surface area contributed by atoms with Crippen LogP contribution in [0, 0.1) is 11.8 Å². The molecule has 2 heterocycles. The summed E-state index contributed by atoms with van der Waals surface area (Å²) in [6, 6.07) is 1.51. The van der Waals surface area contributed by atoms with Gasteiger partial charge in [0.1, 0.15) is 0 Å². The summed E-state index contributed by atoms with van der Waals surface area (Å²) >= 11 is 0. The molecule has 0 aromatic carbocycles. The number of nitrogens with one attached hydrogen (secondary N) is 1. The second kappa shape index (κ2) is 6.11. The van der Waals surface area contributed by atoms with Crippen LogP contribution in [0.15, 0.2) is 0 Å². The van der Waals surface area contributed by atoms with Crippen molar-refractivity contribution in [1.82, 2.24) is 10.2 Å². The fourth-order valence-corrected chi connectivity index (χ4v) is 3.98. The van der Waals surface area contributed by atoms with Gasteiger partial charge >= 0.3 is 0 Å². The van der Waals surface area contributed by atoms with Crippen LogP contribution in [-0.4, -0.2) is 49.3 Å². The molecule has 1 N–H and O–H groups in total. The van der Waals surface area contributed by atoms with Crippen LogP contribution in [0.2, 0.25) is 0 Å². The monoisotopic (exact) mass is 266 g/mol. The van der Waals surface area contributed by atoms with Crippen molar-refractivity contribution in [2.45, 2.75) is 64.1 Å². The molecule has 2 saturated heterocycles. The first-order chi connectivity index (χ1) is 9.31. The number of piperazine rings is 1. The topological polar surface area (TPSA) is 24.5 Å². The Labute approximate surface area is 118 Å². The van der Waals surface area contributed by atoms with Crippen LogP contribution in [0.4, 0.5) is 0 Å². The third-order valence-electron chi connectivity index (χ3n) is 5.44. The minimum absolute atomic E-state index is 0.520. The molecule has 2 aliphatic heterocycles. The van der Waals surface area contributed by atoms with Crippen LogP contribution in [0.1, 0.15) is 46.0 Å². The van der Waals surface area contributed by atoms with Crippen LogP contribution in [0.3, 0.4) is 0 Å². The van der Waals surface area contributed by atoms with Gasteiger partial charge in [0.05, 0.1) is 6.10 Å². The molecule has 1 saturated carbocycles. The zero-order chi connectivity index (χ0) is 13.2. The Balaban J connectivity index is 1.58. The summed E-state index contributed by atoms with van der Waals surface area (Å²) in [5.74, 6) is 1.75. The molecule has 0 aromatic heterocycles. The van der Waals surface area contributed by atoms with Gasteiger partial charge in [0.2, 0.25) is 0 Å². The molecule has 0 bridgehead atoms. The van der Waals surface area contributed by atoms with Crippen LogP contribution in [0.25, 0.3) is 0 Å². The van der Waals surface area contributed by atoms with Crippen molar-refractivity contribution in [2.75, 3.05) is 26.2 Å². The second-order valence-electron chi connectivity index (χ2n) is 6.73. The van der Waals surface area contributed by atoms with Crippen molar-refractivity contribution < 1.29 is 4.74 Å². The van der Waals surface area contributed by atoms with Gasteiger partial charge < -0.3 is 10.1 Å². The maximum Gasteiger partial charge on any atom is 0.0613 e. The Kier molecular flexibility index (Phi) is 4.45. The van der Waals surface area contributed by atoms with E-state index in [1.54, 1.807) is 0 Å². The van der Waals surface area contributed by atoms with Gasteiger partial charge in [-0.05, 0) is 43.9 Å². The maximum atomic E-state index is 5.87. The second-order valence-corrected chi connectivity index (χ2v) is 6.73. The first kappa shape index (κ1) is 13.8. The first-order valence-corrected chi connectivity index (χ1v) is 8.40. The number of hydrogen-bond donors (Lipinski definition) is 1. The Morgan fingerprint density at radius 2 is 2.00 bits per heavy atom. The third-order valence-corrected chi connectivity index (χ3v) is 5.44. The molecule has 3 nitrogen and oxygen atoms in total. The lowest BCUT2D eigenvalue weighted by molar-refractivity contribution is 0.0529. The van der Waals surface area contributed by atoms with Crippen LogP contribution < -0.4 is 5.32 Å². The smallest absolute Gasteiger partial charge is 0.0613 e. The van der Waals surface area contributed by atoms with Gasteiger partial charge in [-0.25, -0.2) is 0 Å². The van der Waals surface area contributed by atoms with Crippen molar-refractivity contribution >= 4 is 0 Å². The standard InChI is InChI=1S/C16H30N2O/c1-3-14-9-17-15(12-5-6-12)11-18(14)10-13-7-8-19-16(13)4-2/h12-17H,3-11H2,1-2H3. The molecule has 0 spiro atoms. The van der Waals surface area contributed by atoms with E-state index in [0.29, 0.717) is 6.10 Å². The van der Waals surface area contributed by atoms with Gasteiger partial charge in [0.15, 0.2) is 0 Å². The van der Waals surface area contributed by atoms with Crippen molar-refractivity contribution in [3.63, 3.8) is 0 Å². The predicted molar refractivity (Wildman–Crippen MR) is 78.3 cm³/mol. The van der Waals surface area contributed by atoms with Gasteiger partial charge in [0, 0.05) is 38.3 Å². The molecular weight excluding hydrogens is 236 g/mol. The highest BCUT2D eigenvalue weighted by Gasteiger charge is 2.38. The number of hydrogen-bond acceptors (Lipinski definition) is 3. The molecule has 3 heteroatoms. The quantitative estimate of drug-likeness (QED) is 0.826. The van der Waals surface area contributed by atoms with E-state index in [4.69, 9.17) is 4.74 Å². The average molecular weight is 266 g/mol. The molecule has 3 fully saturated rings. The molecule has 3 rings (SSSR count). The average Bonchev–Trinajstić information content (AvgIpc) is 3.19. The van der Waals surface area contributed by atoms with Crippen LogP contribution in [0.5, 0.6) is 0 Å². The van der Waals surface area contributed by atoms with E-state index in [-0.39, 0.29) is 0 Å². The Bertz CT molecular complexity index is 292. The molecule has 110 valence electrons. The molecule has 19 heavy (non-hydrogen) atoms. The number of nitrogens with zero attached hydrogens (tertiary/aromatic N) is 1. The lowest BCUT2D eigenvalue weighted by atomic mass is 9.95. The van der Waals surface area contributed by atoms with Gasteiger partial charge in [-0.2, -0.15) is 0 Å². The summed E-state index contributed by atoms with van der Waals surface area (Å²) in [6.07, 6.45) is 7.15. The SMILES string of the molecule is CCC1OCCC1CN1CC(C2CC2)NCC1CC. The van der Waals surface area contributed by atoms with E-state index in [1.807, 2.05) is 0 Å². The van der Waals surface area contributed by atoms with Crippen LogP contribution >= 0.6 is 0 Å². The normalized spacial score (nSPS) is 40.7. The Hall–Kier alpha value is -0.120. The third kappa shape index (κ3) is 3.14. The minimum atomic E-state index is 0.520. The fraction of sp³-hybridized carbons (Fsp3) is 1.00. The first-order valence-electron chi connectivity index (χ1n) is 8.40. The highest BCUT2D eigenvalue weighted by Crippen LogP contribution is 2.35. The van der Waals surface area contributed by atoms with Crippen molar-refractivity contribution in [3.05, 3.63) is 0 Å². The molecular formula is C16H30N2O. The van der Waals surface area contributed by atoms with Crippen molar-refractivity contribution in [3.8, 4) is 0 Å². The number of ether oxygens (including phenoxy) is 1. The van der Waals surface area contributed by atoms with Gasteiger partial charge in [-0.1, -0.05) is 13.8 Å². The summed E-state index contributed by atoms with van der Waals surface area (Å²) in [6.45, 7) is 9.32. The highest BCUT2D eigenvalue weighted by molar-refractivity contribution is 4.95.